The van der Waals surface area contributed by atoms with Crippen molar-refractivity contribution in [3.63, 3.8) is 0 Å². The minimum absolute atomic E-state index is 0.608. The molecule has 0 aliphatic carbocycles. The van der Waals surface area contributed by atoms with Crippen molar-refractivity contribution in [3.05, 3.63) is 52.6 Å². The quantitative estimate of drug-likeness (QED) is 0.856. The number of benzene rings is 1. The first-order valence-corrected chi connectivity index (χ1v) is 6.59. The molecule has 0 aliphatic heterocycles. The molecule has 0 bridgehead atoms. The van der Waals surface area contributed by atoms with Gasteiger partial charge >= 0.3 is 0 Å². The molecule has 18 heavy (non-hydrogen) atoms. The Morgan fingerprint density at radius 3 is 2.67 bits per heavy atom. The van der Waals surface area contributed by atoms with Crippen LogP contribution in [0.3, 0.4) is 0 Å². The number of hydrogen-bond acceptors (Lipinski definition) is 3. The Labute approximate surface area is 115 Å². The summed E-state index contributed by atoms with van der Waals surface area (Å²) in [6, 6.07) is 13.7. The van der Waals surface area contributed by atoms with Crippen molar-refractivity contribution in [2.45, 2.75) is 6.92 Å². The average molecular weight is 307 g/mol. The van der Waals surface area contributed by atoms with Crippen LogP contribution in [-0.2, 0) is 0 Å². The lowest BCUT2D eigenvalue weighted by Crippen LogP contribution is -2.12. The van der Waals surface area contributed by atoms with Gasteiger partial charge in [0.25, 0.3) is 0 Å². The van der Waals surface area contributed by atoms with Gasteiger partial charge in [0.2, 0.25) is 0 Å². The highest BCUT2D eigenvalue weighted by Gasteiger charge is 1.95. The Balaban J connectivity index is 1.74. The summed E-state index contributed by atoms with van der Waals surface area (Å²) < 4.78 is 6.65. The molecule has 0 saturated heterocycles. The van der Waals surface area contributed by atoms with Gasteiger partial charge in [0.1, 0.15) is 18.2 Å². The first kappa shape index (κ1) is 12.9. The van der Waals surface area contributed by atoms with E-state index in [4.69, 9.17) is 4.74 Å². The van der Waals surface area contributed by atoms with E-state index in [1.54, 1.807) is 0 Å². The molecule has 0 atom stereocenters. The molecule has 0 aliphatic rings. The zero-order valence-electron chi connectivity index (χ0n) is 10.2. The van der Waals surface area contributed by atoms with E-state index in [2.05, 4.69) is 26.2 Å². The zero-order valence-corrected chi connectivity index (χ0v) is 11.8. The third-order valence-electron chi connectivity index (χ3n) is 2.38. The summed E-state index contributed by atoms with van der Waals surface area (Å²) in [5.41, 5.74) is 1.01. The van der Waals surface area contributed by atoms with Crippen molar-refractivity contribution < 1.29 is 4.74 Å². The minimum atomic E-state index is 0.608. The van der Waals surface area contributed by atoms with Crippen molar-refractivity contribution in [1.29, 1.82) is 0 Å². The number of ether oxygens (including phenoxy) is 1. The SMILES string of the molecule is Cc1cccc(NCCOc2ccc(Br)cc2)n1. The van der Waals surface area contributed by atoms with Gasteiger partial charge in [-0.15, -0.1) is 0 Å². The molecule has 94 valence electrons. The summed E-state index contributed by atoms with van der Waals surface area (Å²) in [7, 11) is 0. The molecule has 0 saturated carbocycles. The van der Waals surface area contributed by atoms with E-state index in [1.807, 2.05) is 49.4 Å². The first-order valence-electron chi connectivity index (χ1n) is 5.80. The highest BCUT2D eigenvalue weighted by molar-refractivity contribution is 9.10. The molecule has 0 amide bonds. The molecule has 4 heteroatoms. The van der Waals surface area contributed by atoms with E-state index in [0.29, 0.717) is 6.61 Å². The Morgan fingerprint density at radius 1 is 1.17 bits per heavy atom. The van der Waals surface area contributed by atoms with Crippen LogP contribution in [0.5, 0.6) is 5.75 Å². The third kappa shape index (κ3) is 4.04. The van der Waals surface area contributed by atoms with Crippen LogP contribution in [0.4, 0.5) is 5.82 Å². The van der Waals surface area contributed by atoms with Gasteiger partial charge in [0.15, 0.2) is 0 Å². The monoisotopic (exact) mass is 306 g/mol. The normalized spacial score (nSPS) is 10.1. The topological polar surface area (TPSA) is 34.1 Å². The van der Waals surface area contributed by atoms with Gasteiger partial charge in [-0.3, -0.25) is 0 Å². The standard InChI is InChI=1S/C14H15BrN2O/c1-11-3-2-4-14(17-11)16-9-10-18-13-7-5-12(15)6-8-13/h2-8H,9-10H2,1H3,(H,16,17). The molecule has 3 nitrogen and oxygen atoms in total. The number of aryl methyl sites for hydroxylation is 1. The Kier molecular flexibility index (Phi) is 4.59. The lowest BCUT2D eigenvalue weighted by molar-refractivity contribution is 0.332. The highest BCUT2D eigenvalue weighted by Crippen LogP contribution is 2.15. The van der Waals surface area contributed by atoms with Gasteiger partial charge < -0.3 is 10.1 Å². The second-order valence-electron chi connectivity index (χ2n) is 3.89. The molecule has 1 heterocycles. The van der Waals surface area contributed by atoms with Gasteiger partial charge in [0, 0.05) is 10.2 Å². The fourth-order valence-electron chi connectivity index (χ4n) is 1.52. The van der Waals surface area contributed by atoms with Crippen molar-refractivity contribution in [1.82, 2.24) is 4.98 Å². The lowest BCUT2D eigenvalue weighted by atomic mass is 10.3. The summed E-state index contributed by atoms with van der Waals surface area (Å²) >= 11 is 3.39. The van der Waals surface area contributed by atoms with Crippen molar-refractivity contribution in [2.24, 2.45) is 0 Å². The van der Waals surface area contributed by atoms with E-state index in [-0.39, 0.29) is 0 Å². The Bertz CT molecular complexity index is 499. The second-order valence-corrected chi connectivity index (χ2v) is 4.81. The van der Waals surface area contributed by atoms with Crippen LogP contribution in [0.25, 0.3) is 0 Å². The zero-order chi connectivity index (χ0) is 12.8. The van der Waals surface area contributed by atoms with Crippen molar-refractivity contribution in [3.8, 4) is 5.75 Å². The Hall–Kier alpha value is -1.55. The van der Waals surface area contributed by atoms with Crippen LogP contribution < -0.4 is 10.1 Å². The predicted molar refractivity (Wildman–Crippen MR) is 77.1 cm³/mol. The maximum atomic E-state index is 5.60. The van der Waals surface area contributed by atoms with E-state index < -0.39 is 0 Å². The fraction of sp³-hybridized carbons (Fsp3) is 0.214. The first-order chi connectivity index (χ1) is 8.74. The lowest BCUT2D eigenvalue weighted by Gasteiger charge is -2.08. The summed E-state index contributed by atoms with van der Waals surface area (Å²) in [6.45, 7) is 3.31. The molecular formula is C14H15BrN2O. The number of anilines is 1. The molecule has 1 aromatic heterocycles. The number of hydrogen-bond donors (Lipinski definition) is 1. The van der Waals surface area contributed by atoms with Crippen LogP contribution in [-0.4, -0.2) is 18.1 Å². The maximum Gasteiger partial charge on any atom is 0.126 e. The summed E-state index contributed by atoms with van der Waals surface area (Å²) in [5, 5.41) is 3.22. The molecule has 0 unspecified atom stereocenters. The van der Waals surface area contributed by atoms with Crippen molar-refractivity contribution >= 4 is 21.7 Å². The minimum Gasteiger partial charge on any atom is -0.492 e. The van der Waals surface area contributed by atoms with E-state index >= 15 is 0 Å². The van der Waals surface area contributed by atoms with Crippen LogP contribution >= 0.6 is 15.9 Å². The summed E-state index contributed by atoms with van der Waals surface area (Å²) in [5.74, 6) is 1.76. The fourth-order valence-corrected chi connectivity index (χ4v) is 1.78. The molecule has 0 fully saturated rings. The number of halogens is 1. The molecule has 2 rings (SSSR count). The van der Waals surface area contributed by atoms with E-state index in [0.717, 1.165) is 28.3 Å². The van der Waals surface area contributed by atoms with Crippen LogP contribution in [0.15, 0.2) is 46.9 Å². The van der Waals surface area contributed by atoms with Gasteiger partial charge in [-0.25, -0.2) is 4.98 Å². The third-order valence-corrected chi connectivity index (χ3v) is 2.91. The number of nitrogens with one attached hydrogen (secondary N) is 1. The molecule has 0 spiro atoms. The van der Waals surface area contributed by atoms with Crippen LogP contribution in [0, 0.1) is 6.92 Å². The second kappa shape index (κ2) is 6.40. The maximum absolute atomic E-state index is 5.60. The molecule has 1 N–H and O–H groups in total. The number of aromatic nitrogens is 1. The number of pyridine rings is 1. The predicted octanol–water partition coefficient (Wildman–Crippen LogP) is 3.64. The van der Waals surface area contributed by atoms with Gasteiger partial charge in [-0.2, -0.15) is 0 Å². The van der Waals surface area contributed by atoms with Gasteiger partial charge in [-0.1, -0.05) is 22.0 Å². The molecule has 1 aromatic carbocycles. The summed E-state index contributed by atoms with van der Waals surface area (Å²) in [6.07, 6.45) is 0. The Morgan fingerprint density at radius 2 is 1.94 bits per heavy atom. The van der Waals surface area contributed by atoms with Gasteiger partial charge in [0.05, 0.1) is 6.54 Å². The smallest absolute Gasteiger partial charge is 0.126 e. The molecular weight excluding hydrogens is 292 g/mol. The van der Waals surface area contributed by atoms with E-state index in [9.17, 15) is 0 Å². The van der Waals surface area contributed by atoms with Gasteiger partial charge in [-0.05, 0) is 43.3 Å². The number of rotatable bonds is 5. The van der Waals surface area contributed by atoms with Crippen LogP contribution in [0.1, 0.15) is 5.69 Å². The highest BCUT2D eigenvalue weighted by atomic mass is 79.9. The van der Waals surface area contributed by atoms with Crippen LogP contribution in [0.2, 0.25) is 0 Å². The molecule has 0 radical (unpaired) electrons. The van der Waals surface area contributed by atoms with Crippen molar-refractivity contribution in [2.75, 3.05) is 18.5 Å². The van der Waals surface area contributed by atoms with E-state index in [1.165, 1.54) is 0 Å². The average Bonchev–Trinajstić information content (AvgIpc) is 2.37. The molecule has 2 aromatic rings. The largest absolute Gasteiger partial charge is 0.492 e. The number of nitrogens with zero attached hydrogens (tertiary/aromatic N) is 1. The summed E-state index contributed by atoms with van der Waals surface area (Å²) in [4.78, 5) is 4.36.